The Morgan fingerprint density at radius 2 is 1.66 bits per heavy atom. The summed E-state index contributed by atoms with van der Waals surface area (Å²) in [5.74, 6) is -3.59. The molecule has 47 heavy (non-hydrogen) atoms. The largest absolute Gasteiger partial charge is 0.455 e. The third kappa shape index (κ3) is 7.61. The molecule has 3 heterocycles. The first-order valence-corrected chi connectivity index (χ1v) is 16.9. The van der Waals surface area contributed by atoms with Crippen LogP contribution in [-0.2, 0) is 28.7 Å². The normalized spacial score (nSPS) is 17.9. The summed E-state index contributed by atoms with van der Waals surface area (Å²) in [6.45, 7) is 5.06. The van der Waals surface area contributed by atoms with Crippen molar-refractivity contribution in [3.8, 4) is 0 Å². The number of carbonyl (C=O) groups excluding carboxylic acids is 5. The van der Waals surface area contributed by atoms with Crippen molar-refractivity contribution in [2.75, 3.05) is 17.4 Å². The fraction of sp³-hybridized carbons (Fsp3) is 0.312. The topological polar surface area (TPSA) is 170 Å². The highest BCUT2D eigenvalue weighted by atomic mass is 35.5. The SMILES string of the molecule is CC(C)(C)OC(=O)c1nc([C@H](NC(=O)CCl)C(=O)N[C@@H]2C(=O)N3C(C(=O)OC(c4ccccc4)c4ccccc4)=CCS[C@H]23)c(N)s1. The van der Waals surface area contributed by atoms with Crippen molar-refractivity contribution in [2.24, 2.45) is 0 Å². The fourth-order valence-electron chi connectivity index (χ4n) is 4.93. The number of amides is 3. The van der Waals surface area contributed by atoms with Gasteiger partial charge in [-0.05, 0) is 38.0 Å². The minimum absolute atomic E-state index is 0.00571. The molecule has 3 amide bonds. The molecule has 2 aliphatic heterocycles. The van der Waals surface area contributed by atoms with Crippen molar-refractivity contribution < 1.29 is 33.4 Å². The number of carbonyl (C=O) groups is 5. The van der Waals surface area contributed by atoms with E-state index in [0.717, 1.165) is 22.5 Å². The molecule has 3 aromatic rings. The molecular weight excluding hydrogens is 666 g/mol. The predicted molar refractivity (Wildman–Crippen MR) is 177 cm³/mol. The lowest BCUT2D eigenvalue weighted by Crippen LogP contribution is -2.70. The summed E-state index contributed by atoms with van der Waals surface area (Å²) >= 11 is 7.83. The van der Waals surface area contributed by atoms with Crippen LogP contribution in [0.4, 0.5) is 5.00 Å². The van der Waals surface area contributed by atoms with Crippen LogP contribution in [0.5, 0.6) is 0 Å². The number of alkyl halides is 1. The first-order chi connectivity index (χ1) is 22.4. The van der Waals surface area contributed by atoms with Crippen molar-refractivity contribution in [3.05, 3.63) is 94.3 Å². The summed E-state index contributed by atoms with van der Waals surface area (Å²) < 4.78 is 11.3. The Bertz CT molecular complexity index is 1670. The molecule has 5 rings (SSSR count). The zero-order valence-electron chi connectivity index (χ0n) is 25.6. The molecule has 4 N–H and O–H groups in total. The Kier molecular flexibility index (Phi) is 10.2. The number of nitrogens with zero attached hydrogens (tertiary/aromatic N) is 2. The molecular formula is C32H32ClN5O7S2. The quantitative estimate of drug-likeness (QED) is 0.161. The van der Waals surface area contributed by atoms with Crippen LogP contribution in [0.3, 0.4) is 0 Å². The first kappa shape index (κ1) is 33.9. The predicted octanol–water partition coefficient (Wildman–Crippen LogP) is 3.69. The minimum atomic E-state index is -1.47. The van der Waals surface area contributed by atoms with E-state index in [1.807, 2.05) is 60.7 Å². The van der Waals surface area contributed by atoms with Crippen LogP contribution in [0.15, 0.2) is 72.4 Å². The second kappa shape index (κ2) is 14.2. The number of β-lactam (4-membered cyclic amide) rings is 1. The number of nitrogen functional groups attached to an aromatic ring is 1. The van der Waals surface area contributed by atoms with Gasteiger partial charge in [0, 0.05) is 5.75 Å². The molecule has 1 fully saturated rings. The highest BCUT2D eigenvalue weighted by Crippen LogP contribution is 2.39. The van der Waals surface area contributed by atoms with E-state index in [0.29, 0.717) is 5.75 Å². The second-order valence-corrected chi connectivity index (χ2v) is 14.0. The Hall–Kier alpha value is -4.40. The maximum absolute atomic E-state index is 13.6. The number of thiazole rings is 1. The fourth-order valence-corrected chi connectivity index (χ4v) is 6.95. The molecule has 1 aromatic heterocycles. The summed E-state index contributed by atoms with van der Waals surface area (Å²) in [4.78, 5) is 71.0. The van der Waals surface area contributed by atoms with Gasteiger partial charge in [0.15, 0.2) is 12.1 Å². The summed E-state index contributed by atoms with van der Waals surface area (Å²) in [7, 11) is 0. The van der Waals surface area contributed by atoms with Gasteiger partial charge < -0.3 is 25.8 Å². The summed E-state index contributed by atoms with van der Waals surface area (Å²) in [5, 5.41) is 4.37. The minimum Gasteiger partial charge on any atom is -0.455 e. The number of nitrogens with one attached hydrogen (secondary N) is 2. The number of aromatic nitrogens is 1. The lowest BCUT2D eigenvalue weighted by Gasteiger charge is -2.48. The van der Waals surface area contributed by atoms with E-state index in [-0.39, 0.29) is 21.4 Å². The van der Waals surface area contributed by atoms with Crippen LogP contribution in [0.25, 0.3) is 0 Å². The van der Waals surface area contributed by atoms with Gasteiger partial charge in [0.05, 0.1) is 0 Å². The Balaban J connectivity index is 1.32. The highest BCUT2D eigenvalue weighted by molar-refractivity contribution is 8.00. The average molecular weight is 698 g/mol. The van der Waals surface area contributed by atoms with Gasteiger partial charge in [-0.3, -0.25) is 19.3 Å². The van der Waals surface area contributed by atoms with Crippen LogP contribution in [0.1, 0.15) is 59.5 Å². The summed E-state index contributed by atoms with van der Waals surface area (Å²) in [6, 6.07) is 16.0. The highest BCUT2D eigenvalue weighted by Gasteiger charge is 2.53. The number of fused-ring (bicyclic) bond motifs is 1. The molecule has 246 valence electrons. The molecule has 0 saturated carbocycles. The van der Waals surface area contributed by atoms with Gasteiger partial charge in [-0.15, -0.1) is 23.4 Å². The van der Waals surface area contributed by atoms with E-state index >= 15 is 0 Å². The van der Waals surface area contributed by atoms with Gasteiger partial charge in [0.25, 0.3) is 5.91 Å². The van der Waals surface area contributed by atoms with Crippen LogP contribution >= 0.6 is 34.7 Å². The third-order valence-electron chi connectivity index (χ3n) is 7.00. The van der Waals surface area contributed by atoms with Crippen molar-refractivity contribution >= 4 is 69.4 Å². The number of rotatable bonds is 10. The number of benzene rings is 2. The van der Waals surface area contributed by atoms with E-state index < -0.39 is 64.7 Å². The molecule has 3 atom stereocenters. The number of hydrogen-bond donors (Lipinski definition) is 3. The number of halogens is 1. The summed E-state index contributed by atoms with van der Waals surface area (Å²) in [6.07, 6.45) is 0.899. The number of nitrogens with two attached hydrogens (primary N) is 1. The number of esters is 2. The van der Waals surface area contributed by atoms with Gasteiger partial charge in [0.2, 0.25) is 16.8 Å². The summed E-state index contributed by atoms with van der Waals surface area (Å²) in [5.41, 5.74) is 6.82. The number of anilines is 1. The lowest BCUT2D eigenvalue weighted by molar-refractivity contribution is -0.154. The zero-order chi connectivity index (χ0) is 33.9. The van der Waals surface area contributed by atoms with Gasteiger partial charge >= 0.3 is 11.9 Å². The van der Waals surface area contributed by atoms with E-state index in [4.69, 9.17) is 26.8 Å². The zero-order valence-corrected chi connectivity index (χ0v) is 28.0. The van der Waals surface area contributed by atoms with E-state index in [9.17, 15) is 24.0 Å². The van der Waals surface area contributed by atoms with E-state index in [2.05, 4.69) is 15.6 Å². The second-order valence-electron chi connectivity index (χ2n) is 11.5. The number of thioether (sulfide) groups is 1. The standard InChI is InChI=1S/C32H32ClN5O7S2/c1-32(2,3)45-31(43)27-37-21(25(34)47-27)22(35-20(39)16-33)26(40)36-23-28(41)38-19(14-15-46-29(23)38)30(42)44-24(17-10-6-4-7-11-17)18-12-8-5-9-13-18/h4-14,22-24,29H,15-16,34H2,1-3H3,(H,35,39)(H,36,40)/t22-,23+,29+/m0/s1. The molecule has 0 radical (unpaired) electrons. The van der Waals surface area contributed by atoms with E-state index in [1.165, 1.54) is 16.7 Å². The maximum atomic E-state index is 13.6. The number of hydrogen-bond acceptors (Lipinski definition) is 11. The van der Waals surface area contributed by atoms with Gasteiger partial charge in [-0.25, -0.2) is 14.6 Å². The smallest absolute Gasteiger partial charge is 0.368 e. The Labute approximate surface area is 284 Å². The van der Waals surface area contributed by atoms with Crippen LogP contribution in [0, 0.1) is 0 Å². The molecule has 0 spiro atoms. The van der Waals surface area contributed by atoms with Crippen molar-refractivity contribution in [3.63, 3.8) is 0 Å². The molecule has 15 heteroatoms. The Morgan fingerprint density at radius 1 is 1.04 bits per heavy atom. The first-order valence-electron chi connectivity index (χ1n) is 14.5. The Morgan fingerprint density at radius 3 is 2.23 bits per heavy atom. The van der Waals surface area contributed by atoms with Crippen LogP contribution in [0.2, 0.25) is 0 Å². The average Bonchev–Trinajstić information content (AvgIpc) is 3.45. The third-order valence-corrected chi connectivity index (χ3v) is 9.31. The molecule has 1 saturated heterocycles. The van der Waals surface area contributed by atoms with Crippen molar-refractivity contribution in [1.82, 2.24) is 20.5 Å². The molecule has 12 nitrogen and oxygen atoms in total. The maximum Gasteiger partial charge on any atom is 0.368 e. The molecule has 2 aliphatic rings. The molecule has 0 unspecified atom stereocenters. The van der Waals surface area contributed by atoms with E-state index in [1.54, 1.807) is 26.8 Å². The molecule has 0 bridgehead atoms. The van der Waals surface area contributed by atoms with Crippen LogP contribution in [-0.4, -0.2) is 68.2 Å². The molecule has 2 aromatic carbocycles. The lowest BCUT2D eigenvalue weighted by atomic mass is 10.0. The van der Waals surface area contributed by atoms with Gasteiger partial charge in [-0.1, -0.05) is 72.0 Å². The molecule has 0 aliphatic carbocycles. The van der Waals surface area contributed by atoms with Crippen molar-refractivity contribution in [1.29, 1.82) is 0 Å². The van der Waals surface area contributed by atoms with Crippen LogP contribution < -0.4 is 16.4 Å². The monoisotopic (exact) mass is 697 g/mol. The van der Waals surface area contributed by atoms with Crippen molar-refractivity contribution in [2.45, 2.75) is 49.9 Å². The van der Waals surface area contributed by atoms with Gasteiger partial charge in [-0.2, -0.15) is 0 Å². The van der Waals surface area contributed by atoms with Gasteiger partial charge in [0.1, 0.15) is 39.3 Å². The number of ether oxygens (including phenoxy) is 2.